The van der Waals surface area contributed by atoms with Crippen molar-refractivity contribution in [1.82, 2.24) is 19.5 Å². The number of imidazole rings is 1. The Bertz CT molecular complexity index is 817. The fraction of sp³-hybridized carbons (Fsp3) is 0.706. The molecule has 2 aliphatic carbocycles. The maximum atomic E-state index is 10.3. The molecule has 3 N–H and O–H groups in total. The second-order valence-electron chi connectivity index (χ2n) is 7.67. The van der Waals surface area contributed by atoms with Gasteiger partial charge in [0, 0.05) is 6.04 Å². The molecule has 7 atom stereocenters. The quantitative estimate of drug-likeness (QED) is 0.687. The molecule has 1 saturated heterocycles. The van der Waals surface area contributed by atoms with Crippen LogP contribution in [-0.4, -0.2) is 60.0 Å². The van der Waals surface area contributed by atoms with Gasteiger partial charge in [-0.3, -0.25) is 4.57 Å². The van der Waals surface area contributed by atoms with E-state index in [0.29, 0.717) is 28.9 Å². The Morgan fingerprint density at radius 2 is 2.08 bits per heavy atom. The van der Waals surface area contributed by atoms with Crippen molar-refractivity contribution in [2.45, 2.75) is 56.3 Å². The van der Waals surface area contributed by atoms with Gasteiger partial charge in [-0.25, -0.2) is 15.0 Å². The molecule has 26 heavy (non-hydrogen) atoms. The molecule has 140 valence electrons. The van der Waals surface area contributed by atoms with Crippen LogP contribution in [0.2, 0.25) is 0 Å². The summed E-state index contributed by atoms with van der Waals surface area (Å²) >= 11 is 5.81. The lowest BCUT2D eigenvalue weighted by Crippen LogP contribution is -2.32. The first-order chi connectivity index (χ1) is 12.7. The van der Waals surface area contributed by atoms with Gasteiger partial charge in [0.25, 0.3) is 0 Å². The molecular formula is C17H22ClN5O3. The second kappa shape index (κ2) is 6.30. The fourth-order valence-corrected chi connectivity index (χ4v) is 5.08. The molecule has 3 aliphatic rings. The monoisotopic (exact) mass is 379 g/mol. The number of ether oxygens (including phenoxy) is 1. The van der Waals surface area contributed by atoms with Gasteiger partial charge in [-0.05, 0) is 31.1 Å². The number of anilines is 1. The summed E-state index contributed by atoms with van der Waals surface area (Å²) in [5.41, 5.74) is 1.21. The van der Waals surface area contributed by atoms with E-state index >= 15 is 0 Å². The highest BCUT2D eigenvalue weighted by Gasteiger charge is 2.44. The van der Waals surface area contributed by atoms with E-state index in [4.69, 9.17) is 16.3 Å². The molecule has 2 bridgehead atoms. The number of hydrogen-bond donors (Lipinski definition) is 3. The smallest absolute Gasteiger partial charge is 0.167 e. The van der Waals surface area contributed by atoms with Crippen molar-refractivity contribution >= 4 is 28.6 Å². The molecule has 1 unspecified atom stereocenters. The topological polar surface area (TPSA) is 105 Å². The number of rotatable bonds is 4. The molecular weight excluding hydrogens is 358 g/mol. The number of aliphatic hydroxyl groups is 2. The van der Waals surface area contributed by atoms with Gasteiger partial charge in [-0.15, -0.1) is 11.6 Å². The van der Waals surface area contributed by atoms with Crippen LogP contribution in [0.4, 0.5) is 5.82 Å². The summed E-state index contributed by atoms with van der Waals surface area (Å²) in [6, 6.07) is 0.438. The Morgan fingerprint density at radius 3 is 2.77 bits per heavy atom. The number of halogens is 1. The van der Waals surface area contributed by atoms with Crippen LogP contribution in [0.15, 0.2) is 12.7 Å². The average Bonchev–Trinajstić information content (AvgIpc) is 3.41. The molecule has 3 heterocycles. The van der Waals surface area contributed by atoms with Gasteiger partial charge in [-0.2, -0.15) is 0 Å². The van der Waals surface area contributed by atoms with E-state index in [1.54, 1.807) is 10.9 Å². The van der Waals surface area contributed by atoms with E-state index in [2.05, 4.69) is 20.3 Å². The van der Waals surface area contributed by atoms with Crippen LogP contribution in [0.25, 0.3) is 11.2 Å². The molecule has 1 aliphatic heterocycles. The van der Waals surface area contributed by atoms with Crippen LogP contribution in [0.5, 0.6) is 0 Å². The Morgan fingerprint density at radius 1 is 1.19 bits per heavy atom. The third-order valence-electron chi connectivity index (χ3n) is 6.18. The van der Waals surface area contributed by atoms with Gasteiger partial charge in [-0.1, -0.05) is 6.42 Å². The molecule has 5 rings (SSSR count). The Balaban J connectivity index is 1.44. The van der Waals surface area contributed by atoms with Crippen LogP contribution in [0.3, 0.4) is 0 Å². The minimum atomic E-state index is -1.09. The average molecular weight is 380 g/mol. The third kappa shape index (κ3) is 2.51. The summed E-state index contributed by atoms with van der Waals surface area (Å²) in [5, 5.41) is 23.9. The summed E-state index contributed by atoms with van der Waals surface area (Å²) in [6.07, 6.45) is 4.66. The van der Waals surface area contributed by atoms with Crippen molar-refractivity contribution in [2.24, 2.45) is 11.8 Å². The van der Waals surface area contributed by atoms with Crippen molar-refractivity contribution in [2.75, 3.05) is 11.2 Å². The minimum Gasteiger partial charge on any atom is -0.387 e. The number of fused-ring (bicyclic) bond motifs is 3. The molecule has 0 aromatic carbocycles. The SMILES string of the molecule is O[C@@H]1[C@H](O)[C@@H](CCl)O[C@H]1n1cnc2c(NC3C[C@H]4CC[C@@H]3C4)ncnc21. The number of alkyl halides is 1. The molecule has 2 aromatic rings. The summed E-state index contributed by atoms with van der Waals surface area (Å²) in [7, 11) is 0. The number of nitrogens with zero attached hydrogens (tertiary/aromatic N) is 4. The Kier molecular flexibility index (Phi) is 4.04. The Labute approximate surface area is 155 Å². The highest BCUT2D eigenvalue weighted by molar-refractivity contribution is 6.18. The number of aromatic nitrogens is 4. The summed E-state index contributed by atoms with van der Waals surface area (Å²) in [5.74, 6) is 2.37. The van der Waals surface area contributed by atoms with Crippen LogP contribution < -0.4 is 5.32 Å². The van der Waals surface area contributed by atoms with E-state index in [1.165, 1.54) is 32.0 Å². The number of nitrogens with one attached hydrogen (secondary N) is 1. The van der Waals surface area contributed by atoms with Crippen LogP contribution in [0.1, 0.15) is 31.9 Å². The first kappa shape index (κ1) is 16.7. The molecule has 2 aromatic heterocycles. The minimum absolute atomic E-state index is 0.105. The van der Waals surface area contributed by atoms with Crippen LogP contribution >= 0.6 is 11.6 Å². The maximum absolute atomic E-state index is 10.3. The van der Waals surface area contributed by atoms with E-state index < -0.39 is 24.5 Å². The number of hydrogen-bond acceptors (Lipinski definition) is 7. The van der Waals surface area contributed by atoms with Gasteiger partial charge in [0.2, 0.25) is 0 Å². The van der Waals surface area contributed by atoms with E-state index in [9.17, 15) is 10.2 Å². The molecule has 0 amide bonds. The lowest BCUT2D eigenvalue weighted by Gasteiger charge is -2.23. The van der Waals surface area contributed by atoms with Gasteiger partial charge >= 0.3 is 0 Å². The van der Waals surface area contributed by atoms with Crippen LogP contribution in [-0.2, 0) is 4.74 Å². The summed E-state index contributed by atoms with van der Waals surface area (Å²) in [4.78, 5) is 13.2. The van der Waals surface area contributed by atoms with Crippen molar-refractivity contribution in [3.63, 3.8) is 0 Å². The number of aliphatic hydroxyl groups excluding tert-OH is 2. The zero-order valence-electron chi connectivity index (χ0n) is 14.2. The summed E-state index contributed by atoms with van der Waals surface area (Å²) in [6.45, 7) is 0. The third-order valence-corrected chi connectivity index (χ3v) is 6.49. The van der Waals surface area contributed by atoms with Crippen LogP contribution in [0, 0.1) is 11.8 Å². The van der Waals surface area contributed by atoms with E-state index in [1.807, 2.05) is 0 Å². The highest BCUT2D eigenvalue weighted by Crippen LogP contribution is 2.45. The fourth-order valence-electron chi connectivity index (χ4n) is 4.83. The molecule has 0 radical (unpaired) electrons. The molecule has 2 saturated carbocycles. The first-order valence-corrected chi connectivity index (χ1v) is 9.70. The van der Waals surface area contributed by atoms with Gasteiger partial charge in [0.15, 0.2) is 23.2 Å². The summed E-state index contributed by atoms with van der Waals surface area (Å²) < 4.78 is 7.35. The van der Waals surface area contributed by atoms with Crippen molar-refractivity contribution in [1.29, 1.82) is 0 Å². The lowest BCUT2D eigenvalue weighted by atomic mass is 9.95. The first-order valence-electron chi connectivity index (χ1n) is 9.17. The molecule has 9 heteroatoms. The van der Waals surface area contributed by atoms with Crippen molar-refractivity contribution in [3.05, 3.63) is 12.7 Å². The largest absolute Gasteiger partial charge is 0.387 e. The van der Waals surface area contributed by atoms with E-state index in [-0.39, 0.29) is 5.88 Å². The molecule has 0 spiro atoms. The molecule has 8 nitrogen and oxygen atoms in total. The van der Waals surface area contributed by atoms with Gasteiger partial charge in [0.05, 0.1) is 12.2 Å². The standard InChI is InChI=1S/C17H22ClN5O3/c18-5-11-13(24)14(25)17(26-11)23-7-21-12-15(19-6-20-16(12)23)22-10-4-8-1-2-9(10)3-8/h6-11,13-14,17,24-25H,1-5H2,(H,19,20,22)/t8-,9+,10?,11+,13+,14+,17+/m0/s1. The molecule has 3 fully saturated rings. The zero-order valence-corrected chi connectivity index (χ0v) is 15.0. The lowest BCUT2D eigenvalue weighted by molar-refractivity contribution is -0.0291. The zero-order chi connectivity index (χ0) is 17.8. The second-order valence-corrected chi connectivity index (χ2v) is 7.98. The maximum Gasteiger partial charge on any atom is 0.167 e. The predicted octanol–water partition coefficient (Wildman–Crippen LogP) is 1.28. The van der Waals surface area contributed by atoms with Gasteiger partial charge in [0.1, 0.15) is 24.6 Å². The Hall–Kier alpha value is -1.48. The van der Waals surface area contributed by atoms with Gasteiger partial charge < -0.3 is 20.3 Å². The highest BCUT2D eigenvalue weighted by atomic mass is 35.5. The normalized spacial score (nSPS) is 39.1. The van der Waals surface area contributed by atoms with Crippen molar-refractivity contribution in [3.8, 4) is 0 Å². The van der Waals surface area contributed by atoms with E-state index in [0.717, 1.165) is 5.92 Å². The van der Waals surface area contributed by atoms with Crippen molar-refractivity contribution < 1.29 is 14.9 Å². The predicted molar refractivity (Wildman–Crippen MR) is 94.8 cm³/mol.